The van der Waals surface area contributed by atoms with Gasteiger partial charge in [-0.1, -0.05) is 0 Å². The number of aromatic nitrogens is 5. The van der Waals surface area contributed by atoms with Gasteiger partial charge in [0.25, 0.3) is 0 Å². The molecule has 194 valence electrons. The van der Waals surface area contributed by atoms with E-state index in [0.717, 1.165) is 21.3 Å². The summed E-state index contributed by atoms with van der Waals surface area (Å²) in [6, 6.07) is 3.04. The fourth-order valence-electron chi connectivity index (χ4n) is 4.66. The quantitative estimate of drug-likeness (QED) is 0.409. The minimum Gasteiger partial charge on any atom is -0.444 e. The van der Waals surface area contributed by atoms with Crippen LogP contribution in [-0.2, 0) is 4.74 Å². The smallest absolute Gasteiger partial charge is 0.410 e. The van der Waals surface area contributed by atoms with E-state index in [9.17, 15) is 9.59 Å². The van der Waals surface area contributed by atoms with Gasteiger partial charge in [-0.25, -0.2) is 28.3 Å². The zero-order valence-electron chi connectivity index (χ0n) is 21.8. The van der Waals surface area contributed by atoms with Gasteiger partial charge in [0.15, 0.2) is 17.3 Å². The number of fused-ring (bicyclic) bond motifs is 2. The van der Waals surface area contributed by atoms with Crippen molar-refractivity contribution in [3.63, 3.8) is 0 Å². The van der Waals surface area contributed by atoms with E-state index in [-0.39, 0.29) is 23.6 Å². The van der Waals surface area contributed by atoms with Crippen LogP contribution in [0, 0.1) is 19.7 Å². The molecule has 0 saturated carbocycles. The molecule has 0 spiro atoms. The SMILES string of the molecule is Cc1cn2cc(-c3nc(=O)n4cc(N5CCN(C(=O)OC(C)(C)C)C(C)C5)cc(F)c4n3)cc(C)c2n1. The molecule has 11 heteroatoms. The zero-order valence-corrected chi connectivity index (χ0v) is 21.8. The first kappa shape index (κ1) is 24.7. The van der Waals surface area contributed by atoms with Crippen molar-refractivity contribution in [3.8, 4) is 11.4 Å². The first-order valence-corrected chi connectivity index (χ1v) is 12.2. The molecule has 0 aliphatic carbocycles. The molecule has 5 heterocycles. The Bertz CT molecular complexity index is 1590. The largest absolute Gasteiger partial charge is 0.444 e. The molecular formula is C26H30FN7O3. The lowest BCUT2D eigenvalue weighted by molar-refractivity contribution is 0.0159. The molecule has 1 amide bonds. The van der Waals surface area contributed by atoms with Crippen molar-refractivity contribution < 1.29 is 13.9 Å². The minimum absolute atomic E-state index is 0.0984. The predicted molar refractivity (Wildman–Crippen MR) is 137 cm³/mol. The van der Waals surface area contributed by atoms with Gasteiger partial charge < -0.3 is 18.9 Å². The molecule has 4 aromatic rings. The van der Waals surface area contributed by atoms with Gasteiger partial charge in [-0.05, 0) is 53.2 Å². The minimum atomic E-state index is -0.628. The van der Waals surface area contributed by atoms with E-state index >= 15 is 4.39 Å². The van der Waals surface area contributed by atoms with E-state index < -0.39 is 17.1 Å². The van der Waals surface area contributed by atoms with E-state index in [1.54, 1.807) is 17.3 Å². The van der Waals surface area contributed by atoms with Crippen LogP contribution in [0.15, 0.2) is 35.5 Å². The number of anilines is 1. The molecule has 37 heavy (non-hydrogen) atoms. The zero-order chi connectivity index (χ0) is 26.6. The Morgan fingerprint density at radius 2 is 1.81 bits per heavy atom. The Morgan fingerprint density at radius 3 is 2.51 bits per heavy atom. The fourth-order valence-corrected chi connectivity index (χ4v) is 4.66. The van der Waals surface area contributed by atoms with Gasteiger partial charge in [-0.15, -0.1) is 0 Å². The van der Waals surface area contributed by atoms with Gasteiger partial charge >= 0.3 is 11.8 Å². The highest BCUT2D eigenvalue weighted by atomic mass is 19.1. The van der Waals surface area contributed by atoms with E-state index in [1.807, 2.05) is 63.1 Å². The second kappa shape index (κ2) is 8.82. The molecule has 0 aromatic carbocycles. The second-order valence-corrected chi connectivity index (χ2v) is 10.6. The number of imidazole rings is 1. The monoisotopic (exact) mass is 507 g/mol. The maximum absolute atomic E-state index is 15.3. The first-order valence-electron chi connectivity index (χ1n) is 12.2. The molecule has 1 unspecified atom stereocenters. The number of nitrogens with zero attached hydrogens (tertiary/aromatic N) is 7. The summed E-state index contributed by atoms with van der Waals surface area (Å²) in [4.78, 5) is 42.2. The van der Waals surface area contributed by atoms with Crippen LogP contribution in [0.4, 0.5) is 14.9 Å². The molecule has 0 radical (unpaired) electrons. The predicted octanol–water partition coefficient (Wildman–Crippen LogP) is 3.61. The maximum atomic E-state index is 15.3. The van der Waals surface area contributed by atoms with Gasteiger partial charge in [0.1, 0.15) is 11.2 Å². The second-order valence-electron chi connectivity index (χ2n) is 10.6. The van der Waals surface area contributed by atoms with Crippen molar-refractivity contribution in [2.45, 2.75) is 53.2 Å². The summed E-state index contributed by atoms with van der Waals surface area (Å²) in [6.07, 6.45) is 4.83. The molecule has 10 nitrogen and oxygen atoms in total. The molecule has 1 saturated heterocycles. The van der Waals surface area contributed by atoms with Crippen molar-refractivity contribution in [1.82, 2.24) is 28.7 Å². The van der Waals surface area contributed by atoms with Gasteiger partial charge in [0.05, 0.1) is 11.4 Å². The number of hydrogen-bond donors (Lipinski definition) is 0. The third-order valence-electron chi connectivity index (χ3n) is 6.33. The molecule has 1 fully saturated rings. The molecule has 5 rings (SSSR count). The van der Waals surface area contributed by atoms with Gasteiger partial charge in [-0.3, -0.25) is 0 Å². The Morgan fingerprint density at radius 1 is 1.05 bits per heavy atom. The highest BCUT2D eigenvalue weighted by Gasteiger charge is 2.31. The van der Waals surface area contributed by atoms with E-state index in [1.165, 1.54) is 6.07 Å². The number of carbonyl (C=O) groups is 1. The molecular weight excluding hydrogens is 477 g/mol. The lowest BCUT2D eigenvalue weighted by Gasteiger charge is -2.41. The number of ether oxygens (including phenoxy) is 1. The molecule has 4 aromatic heterocycles. The van der Waals surface area contributed by atoms with E-state index in [0.29, 0.717) is 30.9 Å². The van der Waals surface area contributed by atoms with Gasteiger partial charge in [0, 0.05) is 55.9 Å². The summed E-state index contributed by atoms with van der Waals surface area (Å²) in [5.41, 5.74) is 2.36. The van der Waals surface area contributed by atoms with Crippen molar-refractivity contribution in [2.24, 2.45) is 0 Å². The molecule has 0 bridgehead atoms. The summed E-state index contributed by atoms with van der Waals surface area (Å²) in [7, 11) is 0. The van der Waals surface area contributed by atoms with Crippen molar-refractivity contribution >= 4 is 23.1 Å². The fraction of sp³-hybridized carbons (Fsp3) is 0.423. The van der Waals surface area contributed by atoms with Gasteiger partial charge in [0.2, 0.25) is 0 Å². The topological polar surface area (TPSA) is 97.3 Å². The number of amides is 1. The number of carbonyl (C=O) groups excluding carboxylic acids is 1. The average Bonchev–Trinajstić information content (AvgIpc) is 3.19. The van der Waals surface area contributed by atoms with Crippen LogP contribution in [0.5, 0.6) is 0 Å². The molecule has 0 N–H and O–H groups in total. The molecule has 1 aliphatic heterocycles. The van der Waals surface area contributed by atoms with Crippen LogP contribution in [0.25, 0.3) is 22.7 Å². The first-order chi connectivity index (χ1) is 17.4. The van der Waals surface area contributed by atoms with Crippen LogP contribution in [0.1, 0.15) is 39.0 Å². The Kier molecular flexibility index (Phi) is 5.88. The van der Waals surface area contributed by atoms with E-state index in [2.05, 4.69) is 15.0 Å². The van der Waals surface area contributed by atoms with Gasteiger partial charge in [-0.2, -0.15) is 4.98 Å². The summed E-state index contributed by atoms with van der Waals surface area (Å²) in [5, 5.41) is 0. The van der Waals surface area contributed by atoms with Crippen LogP contribution in [0.3, 0.4) is 0 Å². The summed E-state index contributed by atoms with van der Waals surface area (Å²) in [6.45, 7) is 12.5. The number of pyridine rings is 2. The highest BCUT2D eigenvalue weighted by molar-refractivity contribution is 5.69. The van der Waals surface area contributed by atoms with Crippen LogP contribution >= 0.6 is 0 Å². The summed E-state index contributed by atoms with van der Waals surface area (Å²) >= 11 is 0. The standard InChI is InChI=1S/C26H30FN7O3/c1-15-9-18(13-32-11-16(2)28-22(15)32)21-29-23-20(27)10-19(14-34(23)24(35)30-21)31-7-8-33(17(3)12-31)25(36)37-26(4,5)6/h9-11,13-14,17H,7-8,12H2,1-6H3. The molecule has 1 atom stereocenters. The summed E-state index contributed by atoms with van der Waals surface area (Å²) in [5.74, 6) is -0.482. The lowest BCUT2D eigenvalue weighted by atomic mass is 10.1. The van der Waals surface area contributed by atoms with E-state index in [4.69, 9.17) is 4.74 Å². The Labute approximate surface area is 213 Å². The normalized spacial score (nSPS) is 16.6. The van der Waals surface area contributed by atoms with Crippen LogP contribution in [0.2, 0.25) is 0 Å². The number of aryl methyl sites for hydroxylation is 2. The third-order valence-corrected chi connectivity index (χ3v) is 6.33. The lowest BCUT2D eigenvalue weighted by Crippen LogP contribution is -2.55. The van der Waals surface area contributed by atoms with Crippen molar-refractivity contribution in [2.75, 3.05) is 24.5 Å². The van der Waals surface area contributed by atoms with Crippen molar-refractivity contribution in [1.29, 1.82) is 0 Å². The maximum Gasteiger partial charge on any atom is 0.410 e. The Hall–Kier alpha value is -4.02. The number of rotatable bonds is 2. The van der Waals surface area contributed by atoms with Crippen molar-refractivity contribution in [3.05, 3.63) is 58.3 Å². The van der Waals surface area contributed by atoms with Crippen LogP contribution in [-0.4, -0.2) is 66.0 Å². The van der Waals surface area contributed by atoms with Crippen LogP contribution < -0.4 is 10.6 Å². The third kappa shape index (κ3) is 4.73. The number of piperazine rings is 1. The molecule has 1 aliphatic rings. The number of hydrogen-bond acceptors (Lipinski definition) is 7. The number of halogens is 1. The average molecular weight is 508 g/mol. The Balaban J connectivity index is 1.45. The summed E-state index contributed by atoms with van der Waals surface area (Å²) < 4.78 is 23.8. The highest BCUT2D eigenvalue weighted by Crippen LogP contribution is 2.24.